The Morgan fingerprint density at radius 3 is 0.667 bits per heavy atom. The van der Waals surface area contributed by atoms with E-state index in [1.165, 1.54) is 0 Å². The lowest BCUT2D eigenvalue weighted by atomic mass is 9.85. The molecular weight excluding hydrogens is 406 g/mol. The third kappa shape index (κ3) is 6.72. The van der Waals surface area contributed by atoms with Crippen LogP contribution in [0.2, 0.25) is 0 Å². The minimum atomic E-state index is -1.58. The maximum atomic E-state index is 9.59. The van der Waals surface area contributed by atoms with Crippen molar-refractivity contribution >= 4 is 0 Å². The quantitative estimate of drug-likeness (QED) is 0.0936. The molecule has 0 amide bonds. The molecule has 30 heavy (non-hydrogen) atoms. The molecule has 0 atom stereocenters. The predicted molar refractivity (Wildman–Crippen MR) is 105 cm³/mol. The smallest absolute Gasteiger partial charge is 0.347 e. The highest BCUT2D eigenvalue weighted by atomic mass is 16.4. The van der Waals surface area contributed by atoms with E-state index in [9.17, 15) is 46.0 Å². The van der Waals surface area contributed by atoms with Crippen LogP contribution < -0.4 is 11.5 Å². The van der Waals surface area contributed by atoms with Gasteiger partial charge in [0.1, 0.15) is 0 Å². The molecule has 0 fully saturated rings. The number of nitrogens with zero attached hydrogens (tertiary/aromatic N) is 3. The Labute approximate surface area is 177 Å². The Kier molecular flexibility index (Phi) is 13.1. The van der Waals surface area contributed by atoms with Crippen molar-refractivity contribution < 1.29 is 59.4 Å². The zero-order chi connectivity index (χ0) is 24.4. The van der Waals surface area contributed by atoms with Crippen LogP contribution in [0.25, 0.3) is 0 Å². The van der Waals surface area contributed by atoms with Gasteiger partial charge in [-0.05, 0) is 27.7 Å². The first-order valence-electron chi connectivity index (χ1n) is 9.29. The lowest BCUT2D eigenvalue weighted by Gasteiger charge is -2.52. The summed E-state index contributed by atoms with van der Waals surface area (Å²) in [5, 5.41) is 86.3. The van der Waals surface area contributed by atoms with E-state index in [0.29, 0.717) is 0 Å². The maximum absolute atomic E-state index is 9.59. The van der Waals surface area contributed by atoms with E-state index in [1.54, 1.807) is 0 Å². The predicted octanol–water partition coefficient (Wildman–Crippen LogP) is -5.27. The second-order valence-corrected chi connectivity index (χ2v) is 8.72. The zero-order valence-corrected chi connectivity index (χ0v) is 18.5. The molecule has 0 aliphatic heterocycles. The van der Waals surface area contributed by atoms with Crippen LogP contribution in [0.4, 0.5) is 0 Å². The third-order valence-corrected chi connectivity index (χ3v) is 5.67. The molecule has 0 aromatic heterocycles. The first-order chi connectivity index (χ1) is 13.7. The second kappa shape index (κ2) is 12.5. The van der Waals surface area contributed by atoms with Crippen LogP contribution in [-0.4, -0.2) is 137 Å². The van der Waals surface area contributed by atoms with E-state index in [2.05, 4.69) is 0 Å². The molecular formula is C16H44N5O9+3. The molecule has 0 rings (SSSR count). The van der Waals surface area contributed by atoms with Crippen LogP contribution >= 0.6 is 0 Å². The maximum Gasteiger partial charge on any atom is 0.360 e. The molecule has 0 heterocycles. The van der Waals surface area contributed by atoms with Gasteiger partial charge in [0.05, 0.1) is 0 Å². The molecule has 0 aliphatic rings. The highest BCUT2D eigenvalue weighted by Crippen LogP contribution is 2.30. The molecule has 0 saturated carbocycles. The summed E-state index contributed by atoms with van der Waals surface area (Å²) in [7, 11) is 0. The average molecular weight is 451 g/mol. The van der Waals surface area contributed by atoms with Gasteiger partial charge in [0.2, 0.25) is 0 Å². The van der Waals surface area contributed by atoms with Crippen LogP contribution in [0.3, 0.4) is 0 Å². The first kappa shape index (κ1) is 31.6. The summed E-state index contributed by atoms with van der Waals surface area (Å²) < 4.78 is -3.12. The summed E-state index contributed by atoms with van der Waals surface area (Å²) in [5.41, 5.74) is 10.8. The summed E-state index contributed by atoms with van der Waals surface area (Å²) in [4.78, 5) is 0. The van der Waals surface area contributed by atoms with E-state index in [1.807, 2.05) is 27.7 Å². The molecule has 184 valence electrons. The van der Waals surface area contributed by atoms with Gasteiger partial charge in [-0.2, -0.15) is 13.4 Å². The second-order valence-electron chi connectivity index (χ2n) is 8.72. The van der Waals surface area contributed by atoms with Crippen LogP contribution in [0.15, 0.2) is 0 Å². The first-order valence-corrected chi connectivity index (χ1v) is 9.29. The molecule has 0 radical (unpaired) electrons. The fraction of sp³-hybridized carbons (Fsp3) is 1.00. The number of hydrogen-bond acceptors (Lipinski definition) is 11. The van der Waals surface area contributed by atoms with Crippen LogP contribution in [-0.2, 0) is 0 Å². The van der Waals surface area contributed by atoms with E-state index >= 15 is 0 Å². The normalized spacial score (nSPS) is 14.0. The minimum absolute atomic E-state index is 0.285. The molecule has 0 aromatic rings. The van der Waals surface area contributed by atoms with Crippen molar-refractivity contribution in [3.05, 3.63) is 0 Å². The van der Waals surface area contributed by atoms with Crippen molar-refractivity contribution in [3.8, 4) is 0 Å². The molecule has 14 nitrogen and oxygen atoms in total. The number of aliphatic hydroxyl groups is 9. The van der Waals surface area contributed by atoms with Gasteiger partial charge in [0.15, 0.2) is 60.6 Å². The van der Waals surface area contributed by atoms with Gasteiger partial charge in [-0.15, -0.1) is 0 Å². The Balaban J connectivity index is 0. The third-order valence-electron chi connectivity index (χ3n) is 5.67. The Bertz CT molecular complexity index is 375. The summed E-state index contributed by atoms with van der Waals surface area (Å²) in [5.74, 6) is 0. The van der Waals surface area contributed by atoms with Crippen molar-refractivity contribution in [2.75, 3.05) is 60.6 Å². The van der Waals surface area contributed by atoms with Gasteiger partial charge in [-0.25, -0.2) is 0 Å². The molecule has 14 heteroatoms. The zero-order valence-electron chi connectivity index (χ0n) is 18.5. The van der Waals surface area contributed by atoms with Crippen LogP contribution in [0.5, 0.6) is 0 Å². The molecule has 0 unspecified atom stereocenters. The monoisotopic (exact) mass is 450 g/mol. The molecule has 0 spiro atoms. The largest absolute Gasteiger partial charge is 0.360 e. The minimum Gasteiger partial charge on any atom is -0.347 e. The Hall–Kier alpha value is -0.560. The lowest BCUT2D eigenvalue weighted by molar-refractivity contribution is -1.31. The van der Waals surface area contributed by atoms with E-state index in [0.717, 1.165) is 0 Å². The van der Waals surface area contributed by atoms with Crippen LogP contribution in [0.1, 0.15) is 27.7 Å². The topological polar surface area (TPSA) is 234 Å². The number of rotatable bonds is 13. The Morgan fingerprint density at radius 2 is 0.600 bits per heavy atom. The highest BCUT2D eigenvalue weighted by molar-refractivity contribution is 4.93. The lowest BCUT2D eigenvalue weighted by Crippen LogP contribution is -2.83. The van der Waals surface area contributed by atoms with Crippen molar-refractivity contribution in [3.63, 3.8) is 0 Å². The van der Waals surface area contributed by atoms with Crippen LogP contribution in [0, 0.1) is 0 Å². The highest BCUT2D eigenvalue weighted by Gasteiger charge is 2.63. The fourth-order valence-corrected chi connectivity index (χ4v) is 2.62. The van der Waals surface area contributed by atoms with E-state index < -0.39 is 80.3 Å². The Morgan fingerprint density at radius 1 is 0.467 bits per heavy atom. The van der Waals surface area contributed by atoms with Gasteiger partial charge in [0, 0.05) is 11.1 Å². The van der Waals surface area contributed by atoms with Gasteiger partial charge in [0.25, 0.3) is 0 Å². The average Bonchev–Trinajstić information content (AvgIpc) is 2.71. The standard InChI is InChI=1S/C10H28N3O9.C6H16N2/c14-1-11(2-15,3-16)10(12(4-17,5-18)6-19)13(7-20,8-21)9-22;1-5(2,7)6(3,4)8/h10,14-22H,1-9H2;7-8H2,1-4H3/q+3;. The summed E-state index contributed by atoms with van der Waals surface area (Å²) in [6.07, 6.45) is -1.58. The number of nitrogens with two attached hydrogens (primary N) is 2. The fourth-order valence-electron chi connectivity index (χ4n) is 2.62. The van der Waals surface area contributed by atoms with Crippen molar-refractivity contribution in [1.29, 1.82) is 0 Å². The number of quaternary nitrogens is 3. The molecule has 0 aliphatic carbocycles. The van der Waals surface area contributed by atoms with Gasteiger partial charge in [-0.3, -0.25) is 0 Å². The SMILES string of the molecule is CC(C)(N)C(C)(C)N.OC[N+](CO)(CO)C([N+](CO)(CO)CO)[N+](CO)(CO)CO. The molecule has 0 saturated heterocycles. The summed E-state index contributed by atoms with van der Waals surface area (Å²) >= 11 is 0. The molecule has 0 bridgehead atoms. The van der Waals surface area contributed by atoms with E-state index in [4.69, 9.17) is 11.5 Å². The number of hydrogen-bond donors (Lipinski definition) is 11. The van der Waals surface area contributed by atoms with Crippen molar-refractivity contribution in [2.45, 2.75) is 45.1 Å². The molecule has 0 aromatic carbocycles. The van der Waals surface area contributed by atoms with E-state index in [-0.39, 0.29) is 11.1 Å². The van der Waals surface area contributed by atoms with Gasteiger partial charge in [-0.1, -0.05) is 0 Å². The van der Waals surface area contributed by atoms with Crippen molar-refractivity contribution in [1.82, 2.24) is 0 Å². The number of aliphatic hydroxyl groups excluding tert-OH is 9. The molecule has 13 N–H and O–H groups in total. The van der Waals surface area contributed by atoms with Gasteiger partial charge < -0.3 is 57.4 Å². The van der Waals surface area contributed by atoms with Gasteiger partial charge >= 0.3 is 6.29 Å². The summed E-state index contributed by atoms with van der Waals surface area (Å²) in [6.45, 7) is -0.576. The summed E-state index contributed by atoms with van der Waals surface area (Å²) in [6, 6.07) is 0. The van der Waals surface area contributed by atoms with Crippen molar-refractivity contribution in [2.24, 2.45) is 11.5 Å².